The highest BCUT2D eigenvalue weighted by Gasteiger charge is 2.13. The molecule has 0 aliphatic heterocycles. The standard InChI is InChI=1S/C19H17ClN2O3S/c1-12-11-26-19(21-12)22-18(23)13-7-8-16(17(9-13)24-2)25-10-14-5-3-4-6-15(14)20/h3-9,11H,10H2,1-2H3,(H,21,22,23). The summed E-state index contributed by atoms with van der Waals surface area (Å²) in [6.07, 6.45) is 0. The molecule has 0 fully saturated rings. The summed E-state index contributed by atoms with van der Waals surface area (Å²) >= 11 is 7.52. The van der Waals surface area contributed by atoms with E-state index in [1.165, 1.54) is 18.4 Å². The first-order valence-electron chi connectivity index (χ1n) is 7.84. The van der Waals surface area contributed by atoms with Gasteiger partial charge in [-0.2, -0.15) is 0 Å². The minimum Gasteiger partial charge on any atom is -0.493 e. The third kappa shape index (κ3) is 4.33. The first-order valence-corrected chi connectivity index (χ1v) is 9.10. The largest absolute Gasteiger partial charge is 0.493 e. The fourth-order valence-electron chi connectivity index (χ4n) is 2.28. The van der Waals surface area contributed by atoms with E-state index in [2.05, 4.69) is 10.3 Å². The summed E-state index contributed by atoms with van der Waals surface area (Å²) in [5.74, 6) is 0.754. The quantitative estimate of drug-likeness (QED) is 0.649. The van der Waals surface area contributed by atoms with E-state index < -0.39 is 0 Å². The van der Waals surface area contributed by atoms with Crippen LogP contribution in [0.5, 0.6) is 11.5 Å². The minimum absolute atomic E-state index is 0.254. The molecule has 3 rings (SSSR count). The van der Waals surface area contributed by atoms with Crippen LogP contribution in [-0.4, -0.2) is 18.0 Å². The number of rotatable bonds is 6. The van der Waals surface area contributed by atoms with Crippen molar-refractivity contribution < 1.29 is 14.3 Å². The van der Waals surface area contributed by atoms with Gasteiger partial charge in [-0.15, -0.1) is 11.3 Å². The highest BCUT2D eigenvalue weighted by atomic mass is 35.5. The van der Waals surface area contributed by atoms with Crippen molar-refractivity contribution in [1.82, 2.24) is 4.98 Å². The van der Waals surface area contributed by atoms with Crippen LogP contribution in [0.3, 0.4) is 0 Å². The third-order valence-corrected chi connectivity index (χ3v) is 4.85. The average Bonchev–Trinajstić information content (AvgIpc) is 3.05. The van der Waals surface area contributed by atoms with Crippen molar-refractivity contribution in [2.45, 2.75) is 13.5 Å². The Morgan fingerprint density at radius 2 is 2.04 bits per heavy atom. The van der Waals surface area contributed by atoms with Crippen molar-refractivity contribution in [2.24, 2.45) is 0 Å². The van der Waals surface area contributed by atoms with E-state index in [0.717, 1.165) is 11.3 Å². The number of carbonyl (C=O) groups excluding carboxylic acids is 1. The molecule has 0 aliphatic carbocycles. The molecule has 134 valence electrons. The number of halogens is 1. The average molecular weight is 389 g/mol. The van der Waals surface area contributed by atoms with Crippen LogP contribution < -0.4 is 14.8 Å². The van der Waals surface area contributed by atoms with Crippen LogP contribution in [0.4, 0.5) is 5.13 Å². The first-order chi connectivity index (χ1) is 12.6. The van der Waals surface area contributed by atoms with E-state index in [1.807, 2.05) is 36.6 Å². The maximum atomic E-state index is 12.4. The van der Waals surface area contributed by atoms with E-state index in [9.17, 15) is 4.79 Å². The maximum Gasteiger partial charge on any atom is 0.257 e. The lowest BCUT2D eigenvalue weighted by molar-refractivity contribution is 0.102. The molecule has 0 saturated heterocycles. The van der Waals surface area contributed by atoms with Crippen LogP contribution in [0.15, 0.2) is 47.8 Å². The Hall–Kier alpha value is -2.57. The number of aromatic nitrogens is 1. The number of thiazole rings is 1. The van der Waals surface area contributed by atoms with Gasteiger partial charge in [-0.3, -0.25) is 10.1 Å². The van der Waals surface area contributed by atoms with Gasteiger partial charge in [0, 0.05) is 21.5 Å². The molecule has 1 amide bonds. The van der Waals surface area contributed by atoms with E-state index in [-0.39, 0.29) is 5.91 Å². The number of carbonyl (C=O) groups is 1. The summed E-state index contributed by atoms with van der Waals surface area (Å²) in [4.78, 5) is 16.6. The fraction of sp³-hybridized carbons (Fsp3) is 0.158. The lowest BCUT2D eigenvalue weighted by atomic mass is 10.2. The highest BCUT2D eigenvalue weighted by Crippen LogP contribution is 2.30. The van der Waals surface area contributed by atoms with Gasteiger partial charge in [0.1, 0.15) is 6.61 Å². The van der Waals surface area contributed by atoms with Gasteiger partial charge < -0.3 is 9.47 Å². The molecule has 0 saturated carbocycles. The molecule has 2 aromatic carbocycles. The molecule has 0 radical (unpaired) electrons. The van der Waals surface area contributed by atoms with Gasteiger partial charge in [-0.25, -0.2) is 4.98 Å². The topological polar surface area (TPSA) is 60.5 Å². The summed E-state index contributed by atoms with van der Waals surface area (Å²) in [6, 6.07) is 12.5. The monoisotopic (exact) mass is 388 g/mol. The second-order valence-electron chi connectivity index (χ2n) is 5.49. The Bertz CT molecular complexity index is 927. The van der Waals surface area contributed by atoms with Crippen molar-refractivity contribution >= 4 is 34.0 Å². The zero-order valence-electron chi connectivity index (χ0n) is 14.3. The van der Waals surface area contributed by atoms with Crippen molar-refractivity contribution in [3.63, 3.8) is 0 Å². The normalized spacial score (nSPS) is 10.4. The minimum atomic E-state index is -0.254. The van der Waals surface area contributed by atoms with E-state index in [4.69, 9.17) is 21.1 Å². The molecule has 0 spiro atoms. The Morgan fingerprint density at radius 3 is 2.73 bits per heavy atom. The van der Waals surface area contributed by atoms with Crippen LogP contribution in [-0.2, 0) is 6.61 Å². The number of ether oxygens (including phenoxy) is 2. The van der Waals surface area contributed by atoms with Crippen LogP contribution >= 0.6 is 22.9 Å². The predicted molar refractivity (Wildman–Crippen MR) is 104 cm³/mol. The highest BCUT2D eigenvalue weighted by molar-refractivity contribution is 7.13. The van der Waals surface area contributed by atoms with E-state index in [1.54, 1.807) is 18.2 Å². The number of nitrogens with zero attached hydrogens (tertiary/aromatic N) is 1. The molecule has 1 heterocycles. The molecule has 0 atom stereocenters. The number of hydrogen-bond donors (Lipinski definition) is 1. The molecule has 0 aliphatic rings. The lowest BCUT2D eigenvalue weighted by Crippen LogP contribution is -2.12. The van der Waals surface area contributed by atoms with Crippen molar-refractivity contribution in [3.05, 3.63) is 69.7 Å². The second kappa shape index (κ2) is 8.21. The zero-order chi connectivity index (χ0) is 18.5. The van der Waals surface area contributed by atoms with Gasteiger partial charge in [0.15, 0.2) is 16.6 Å². The van der Waals surface area contributed by atoms with Gasteiger partial charge in [0.2, 0.25) is 0 Å². The Morgan fingerprint density at radius 1 is 1.23 bits per heavy atom. The number of anilines is 1. The summed E-state index contributed by atoms with van der Waals surface area (Å²) < 4.78 is 11.2. The van der Waals surface area contributed by atoms with E-state index in [0.29, 0.717) is 33.8 Å². The van der Waals surface area contributed by atoms with Crippen LogP contribution in [0.2, 0.25) is 5.02 Å². The van der Waals surface area contributed by atoms with Crippen molar-refractivity contribution in [3.8, 4) is 11.5 Å². The SMILES string of the molecule is COc1cc(C(=O)Nc2nc(C)cs2)ccc1OCc1ccccc1Cl. The molecule has 3 aromatic rings. The fourth-order valence-corrected chi connectivity index (χ4v) is 3.15. The molecule has 26 heavy (non-hydrogen) atoms. The third-order valence-electron chi connectivity index (χ3n) is 3.61. The van der Waals surface area contributed by atoms with Gasteiger partial charge in [-0.1, -0.05) is 29.8 Å². The van der Waals surface area contributed by atoms with Crippen molar-refractivity contribution in [1.29, 1.82) is 0 Å². The van der Waals surface area contributed by atoms with Gasteiger partial charge in [-0.05, 0) is 31.2 Å². The number of aryl methyl sites for hydroxylation is 1. The number of nitrogens with one attached hydrogen (secondary N) is 1. The van der Waals surface area contributed by atoms with Crippen LogP contribution in [0.1, 0.15) is 21.6 Å². The van der Waals surface area contributed by atoms with Gasteiger partial charge in [0.25, 0.3) is 5.91 Å². The molecule has 1 N–H and O–H groups in total. The number of benzene rings is 2. The molecule has 5 nitrogen and oxygen atoms in total. The van der Waals surface area contributed by atoms with Gasteiger partial charge >= 0.3 is 0 Å². The smallest absolute Gasteiger partial charge is 0.257 e. The molecule has 0 unspecified atom stereocenters. The predicted octanol–water partition coefficient (Wildman–Crippen LogP) is 4.94. The molecule has 7 heteroatoms. The number of amides is 1. The maximum absolute atomic E-state index is 12.4. The summed E-state index contributed by atoms with van der Waals surface area (Å²) in [5.41, 5.74) is 2.20. The Kier molecular flexibility index (Phi) is 5.75. The van der Waals surface area contributed by atoms with Crippen LogP contribution in [0, 0.1) is 6.92 Å². The van der Waals surface area contributed by atoms with Gasteiger partial charge in [0.05, 0.1) is 12.8 Å². The molecular weight excluding hydrogens is 372 g/mol. The molecule has 0 bridgehead atoms. The summed E-state index contributed by atoms with van der Waals surface area (Å²) in [7, 11) is 1.53. The first kappa shape index (κ1) is 18.2. The second-order valence-corrected chi connectivity index (χ2v) is 6.76. The van der Waals surface area contributed by atoms with Crippen molar-refractivity contribution in [2.75, 3.05) is 12.4 Å². The Labute approximate surface area is 160 Å². The zero-order valence-corrected chi connectivity index (χ0v) is 15.9. The molecular formula is C19H17ClN2O3S. The summed E-state index contributed by atoms with van der Waals surface area (Å²) in [6.45, 7) is 2.18. The number of methoxy groups -OCH3 is 1. The summed E-state index contributed by atoms with van der Waals surface area (Å²) in [5, 5.41) is 5.85. The lowest BCUT2D eigenvalue weighted by Gasteiger charge is -2.12. The Balaban J connectivity index is 1.72. The van der Waals surface area contributed by atoms with E-state index >= 15 is 0 Å². The van der Waals surface area contributed by atoms with Crippen LogP contribution in [0.25, 0.3) is 0 Å². The number of hydrogen-bond acceptors (Lipinski definition) is 5. The molecule has 1 aromatic heterocycles.